The summed E-state index contributed by atoms with van der Waals surface area (Å²) in [5, 5.41) is 18.9. The highest BCUT2D eigenvalue weighted by atomic mass is 16.3. The number of nitrogens with zero attached hydrogens (tertiary/aromatic N) is 2. The van der Waals surface area contributed by atoms with Crippen molar-refractivity contribution in [1.29, 1.82) is 5.26 Å². The molecule has 0 amide bonds. The quantitative estimate of drug-likeness (QED) is 0.788. The van der Waals surface area contributed by atoms with Crippen molar-refractivity contribution in [2.75, 3.05) is 5.73 Å². The lowest BCUT2D eigenvalue weighted by atomic mass is 9.93. The van der Waals surface area contributed by atoms with Gasteiger partial charge in [-0.2, -0.15) is 5.26 Å². The molecule has 0 bridgehead atoms. The molecule has 1 heterocycles. The van der Waals surface area contributed by atoms with Crippen LogP contribution in [0.25, 0.3) is 11.1 Å². The molecule has 114 valence electrons. The Kier molecular flexibility index (Phi) is 5.37. The molecule has 0 atom stereocenters. The van der Waals surface area contributed by atoms with Gasteiger partial charge in [-0.25, -0.2) is 4.98 Å². The Morgan fingerprint density at radius 2 is 1.91 bits per heavy atom. The van der Waals surface area contributed by atoms with Crippen LogP contribution in [0.3, 0.4) is 0 Å². The lowest BCUT2D eigenvalue weighted by Gasteiger charge is -2.13. The predicted octanol–water partition coefficient (Wildman–Crippen LogP) is 4.03. The Balaban J connectivity index is 2.41. The summed E-state index contributed by atoms with van der Waals surface area (Å²) >= 11 is 0. The molecule has 0 aliphatic carbocycles. The number of aromatic nitrogens is 1. The van der Waals surface area contributed by atoms with Crippen LogP contribution in [0.4, 0.5) is 5.82 Å². The number of benzene rings is 1. The van der Waals surface area contributed by atoms with Crippen LogP contribution in [0, 0.1) is 11.3 Å². The smallest absolute Gasteiger partial charge is 0.141 e. The van der Waals surface area contributed by atoms with Crippen molar-refractivity contribution in [3.8, 4) is 22.9 Å². The number of aromatic hydroxyl groups is 1. The van der Waals surface area contributed by atoms with E-state index < -0.39 is 0 Å². The third-order valence-corrected chi connectivity index (χ3v) is 3.75. The van der Waals surface area contributed by atoms with Gasteiger partial charge in [0.1, 0.15) is 23.2 Å². The van der Waals surface area contributed by atoms with E-state index in [9.17, 15) is 10.4 Å². The molecule has 0 fully saturated rings. The molecule has 1 aromatic carbocycles. The van der Waals surface area contributed by atoms with Crippen LogP contribution >= 0.6 is 0 Å². The molecule has 0 radical (unpaired) electrons. The van der Waals surface area contributed by atoms with E-state index in [1.165, 1.54) is 12.8 Å². The predicted molar refractivity (Wildman–Crippen MR) is 88.3 cm³/mol. The molecule has 0 aliphatic heterocycles. The van der Waals surface area contributed by atoms with Gasteiger partial charge in [0, 0.05) is 11.8 Å². The topological polar surface area (TPSA) is 82.9 Å². The number of aryl methyl sites for hydroxylation is 1. The van der Waals surface area contributed by atoms with E-state index in [0.717, 1.165) is 36.0 Å². The molecule has 22 heavy (non-hydrogen) atoms. The number of rotatable bonds is 6. The molecule has 0 saturated carbocycles. The molecule has 2 aromatic rings. The van der Waals surface area contributed by atoms with Gasteiger partial charge in [0.05, 0.1) is 0 Å². The van der Waals surface area contributed by atoms with E-state index in [-0.39, 0.29) is 11.6 Å². The second-order valence-electron chi connectivity index (χ2n) is 5.39. The van der Waals surface area contributed by atoms with E-state index in [1.807, 2.05) is 0 Å². The number of nitriles is 1. The summed E-state index contributed by atoms with van der Waals surface area (Å²) in [5.74, 6) is 0.455. The highest BCUT2D eigenvalue weighted by Crippen LogP contribution is 2.32. The van der Waals surface area contributed by atoms with Crippen LogP contribution in [-0.4, -0.2) is 10.1 Å². The maximum atomic E-state index is 9.45. The number of phenols is 1. The number of pyridine rings is 1. The minimum absolute atomic E-state index is 0.203. The fraction of sp³-hybridized carbons (Fsp3) is 0.333. The standard InChI is InChI=1S/C18H21N3O/c1-2-3-4-5-6-14-12-21-18(20)16(11-19)17(14)13-7-9-15(22)10-8-13/h7-10,12,22H,2-6H2,1H3,(H2,20,21). The van der Waals surface area contributed by atoms with Crippen molar-refractivity contribution in [2.24, 2.45) is 0 Å². The SMILES string of the molecule is CCCCCCc1cnc(N)c(C#N)c1-c1ccc(O)cc1. The zero-order chi connectivity index (χ0) is 15.9. The van der Waals surface area contributed by atoms with Crippen molar-refractivity contribution >= 4 is 5.82 Å². The number of phenolic OH excluding ortho intramolecular Hbond substituents is 1. The van der Waals surface area contributed by atoms with Crippen LogP contribution in [0.5, 0.6) is 5.75 Å². The molecule has 0 saturated heterocycles. The average molecular weight is 295 g/mol. The molecule has 3 N–H and O–H groups in total. The molecule has 4 heteroatoms. The molecule has 0 unspecified atom stereocenters. The Hall–Kier alpha value is -2.54. The second-order valence-corrected chi connectivity index (χ2v) is 5.39. The van der Waals surface area contributed by atoms with Crippen molar-refractivity contribution in [2.45, 2.75) is 39.0 Å². The maximum Gasteiger partial charge on any atom is 0.141 e. The first-order chi connectivity index (χ1) is 10.7. The lowest BCUT2D eigenvalue weighted by molar-refractivity contribution is 0.475. The summed E-state index contributed by atoms with van der Waals surface area (Å²) in [7, 11) is 0. The number of nitrogens with two attached hydrogens (primary N) is 1. The van der Waals surface area contributed by atoms with Crippen molar-refractivity contribution < 1.29 is 5.11 Å². The van der Waals surface area contributed by atoms with Crippen LogP contribution < -0.4 is 5.73 Å². The minimum Gasteiger partial charge on any atom is -0.508 e. The Bertz CT molecular complexity index is 672. The first-order valence-corrected chi connectivity index (χ1v) is 7.64. The Morgan fingerprint density at radius 3 is 2.55 bits per heavy atom. The van der Waals surface area contributed by atoms with Gasteiger partial charge < -0.3 is 10.8 Å². The normalized spacial score (nSPS) is 10.4. The molecule has 1 aromatic heterocycles. The molecule has 2 rings (SSSR count). The summed E-state index contributed by atoms with van der Waals surface area (Å²) < 4.78 is 0. The first-order valence-electron chi connectivity index (χ1n) is 7.64. The number of hydrogen-bond donors (Lipinski definition) is 2. The van der Waals surface area contributed by atoms with E-state index in [4.69, 9.17) is 5.73 Å². The van der Waals surface area contributed by atoms with Gasteiger partial charge in [0.25, 0.3) is 0 Å². The van der Waals surface area contributed by atoms with E-state index in [2.05, 4.69) is 18.0 Å². The fourth-order valence-electron chi connectivity index (χ4n) is 2.57. The zero-order valence-corrected chi connectivity index (χ0v) is 12.8. The third-order valence-electron chi connectivity index (χ3n) is 3.75. The monoisotopic (exact) mass is 295 g/mol. The minimum atomic E-state index is 0.203. The third kappa shape index (κ3) is 3.56. The van der Waals surface area contributed by atoms with Gasteiger partial charge >= 0.3 is 0 Å². The first kappa shape index (κ1) is 15.8. The molecule has 0 aliphatic rings. The molecular weight excluding hydrogens is 274 g/mol. The van der Waals surface area contributed by atoms with E-state index in [1.54, 1.807) is 30.5 Å². The van der Waals surface area contributed by atoms with Gasteiger partial charge in [-0.1, -0.05) is 38.3 Å². The summed E-state index contributed by atoms with van der Waals surface area (Å²) in [4.78, 5) is 4.16. The average Bonchev–Trinajstić information content (AvgIpc) is 2.53. The Morgan fingerprint density at radius 1 is 1.18 bits per heavy atom. The van der Waals surface area contributed by atoms with Gasteiger partial charge in [0.15, 0.2) is 0 Å². The number of unbranched alkanes of at least 4 members (excludes halogenated alkanes) is 3. The van der Waals surface area contributed by atoms with Gasteiger partial charge in [-0.15, -0.1) is 0 Å². The summed E-state index contributed by atoms with van der Waals surface area (Å²) in [5.41, 5.74) is 9.03. The number of hydrogen-bond acceptors (Lipinski definition) is 4. The van der Waals surface area contributed by atoms with Crippen molar-refractivity contribution in [3.05, 3.63) is 41.6 Å². The molecule has 4 nitrogen and oxygen atoms in total. The van der Waals surface area contributed by atoms with Gasteiger partial charge in [-0.3, -0.25) is 0 Å². The second kappa shape index (κ2) is 7.46. The van der Waals surface area contributed by atoms with Crippen molar-refractivity contribution in [1.82, 2.24) is 4.98 Å². The summed E-state index contributed by atoms with van der Waals surface area (Å²) in [6.07, 6.45) is 7.27. The Labute approximate surface area is 131 Å². The highest BCUT2D eigenvalue weighted by molar-refractivity contribution is 5.78. The van der Waals surface area contributed by atoms with E-state index >= 15 is 0 Å². The van der Waals surface area contributed by atoms with Gasteiger partial charge in [-0.05, 0) is 36.1 Å². The van der Waals surface area contributed by atoms with Crippen LogP contribution in [-0.2, 0) is 6.42 Å². The summed E-state index contributed by atoms with van der Waals surface area (Å²) in [6.45, 7) is 2.18. The molecular formula is C18H21N3O. The molecule has 0 spiro atoms. The highest BCUT2D eigenvalue weighted by Gasteiger charge is 2.15. The van der Waals surface area contributed by atoms with Crippen LogP contribution in [0.2, 0.25) is 0 Å². The van der Waals surface area contributed by atoms with Gasteiger partial charge in [0.2, 0.25) is 0 Å². The number of anilines is 1. The van der Waals surface area contributed by atoms with Crippen LogP contribution in [0.15, 0.2) is 30.5 Å². The summed E-state index contributed by atoms with van der Waals surface area (Å²) in [6, 6.07) is 9.02. The van der Waals surface area contributed by atoms with E-state index in [0.29, 0.717) is 5.56 Å². The van der Waals surface area contributed by atoms with Crippen LogP contribution in [0.1, 0.15) is 43.7 Å². The number of nitrogen functional groups attached to an aromatic ring is 1. The largest absolute Gasteiger partial charge is 0.508 e. The zero-order valence-electron chi connectivity index (χ0n) is 12.8. The fourth-order valence-corrected chi connectivity index (χ4v) is 2.57. The maximum absolute atomic E-state index is 9.45. The van der Waals surface area contributed by atoms with Crippen molar-refractivity contribution in [3.63, 3.8) is 0 Å². The lowest BCUT2D eigenvalue weighted by Crippen LogP contribution is -2.02.